The fourth-order valence-electron chi connectivity index (χ4n) is 3.64. The molecule has 0 saturated heterocycles. The first kappa shape index (κ1) is 25.9. The predicted molar refractivity (Wildman–Crippen MR) is 120 cm³/mol. The molecule has 0 aliphatic heterocycles. The van der Waals surface area contributed by atoms with Crippen molar-refractivity contribution in [2.45, 2.75) is 23.4 Å². The zero-order chi connectivity index (χ0) is 24.8. The van der Waals surface area contributed by atoms with Crippen LogP contribution in [-0.4, -0.2) is 35.8 Å². The number of alkyl halides is 5. The van der Waals surface area contributed by atoms with Crippen molar-refractivity contribution in [2.75, 3.05) is 18.4 Å². The van der Waals surface area contributed by atoms with Crippen LogP contribution < -0.4 is 10.6 Å². The van der Waals surface area contributed by atoms with Crippen molar-refractivity contribution in [1.29, 1.82) is 0 Å². The van der Waals surface area contributed by atoms with Gasteiger partial charge in [0, 0.05) is 18.2 Å². The van der Waals surface area contributed by atoms with Crippen LogP contribution in [0.2, 0.25) is 10.0 Å². The molecule has 0 aromatic heterocycles. The molecule has 33 heavy (non-hydrogen) atoms. The standard InChI is InChI=1S/C21H16Cl4F4N2O2/c1-10-4-12(6-13(16(10)23)18(33)31-8-20(27,28)29)30-7-19(9-32)17(21(19,24)25)11-2-3-15(26)14(22)5-11/h2-6,9,17,30H,7-8H2,1H3,(H,31,33). The second-order valence-electron chi connectivity index (χ2n) is 7.69. The van der Waals surface area contributed by atoms with Crippen molar-refractivity contribution in [3.63, 3.8) is 0 Å². The average molecular weight is 546 g/mol. The lowest BCUT2D eigenvalue weighted by Gasteiger charge is -2.16. The van der Waals surface area contributed by atoms with Crippen LogP contribution in [-0.2, 0) is 4.79 Å². The summed E-state index contributed by atoms with van der Waals surface area (Å²) < 4.78 is 49.3. The molecule has 1 amide bonds. The van der Waals surface area contributed by atoms with E-state index in [-0.39, 0.29) is 22.2 Å². The Morgan fingerprint density at radius 2 is 1.85 bits per heavy atom. The molecule has 2 N–H and O–H groups in total. The number of hydrogen-bond donors (Lipinski definition) is 2. The highest BCUT2D eigenvalue weighted by atomic mass is 35.5. The molecule has 0 radical (unpaired) electrons. The summed E-state index contributed by atoms with van der Waals surface area (Å²) in [6.07, 6.45) is -4.00. The molecule has 2 unspecified atom stereocenters. The van der Waals surface area contributed by atoms with E-state index in [9.17, 15) is 27.2 Å². The molecule has 2 atom stereocenters. The van der Waals surface area contributed by atoms with E-state index in [1.54, 1.807) is 18.3 Å². The van der Waals surface area contributed by atoms with E-state index in [2.05, 4.69) is 5.32 Å². The lowest BCUT2D eigenvalue weighted by atomic mass is 10.00. The maximum Gasteiger partial charge on any atom is 0.405 e. The Morgan fingerprint density at radius 1 is 1.18 bits per heavy atom. The highest BCUT2D eigenvalue weighted by Gasteiger charge is 2.76. The molecule has 1 saturated carbocycles. The summed E-state index contributed by atoms with van der Waals surface area (Å²) in [5.41, 5.74) is -0.310. The Kier molecular flexibility index (Phi) is 7.16. The zero-order valence-corrected chi connectivity index (χ0v) is 19.8. The Hall–Kier alpha value is -1.74. The molecule has 2 aromatic rings. The van der Waals surface area contributed by atoms with Crippen molar-refractivity contribution < 1.29 is 27.2 Å². The van der Waals surface area contributed by atoms with Gasteiger partial charge in [0.05, 0.1) is 21.0 Å². The van der Waals surface area contributed by atoms with Crippen LogP contribution in [0.5, 0.6) is 0 Å². The predicted octanol–water partition coefficient (Wildman–Crippen LogP) is 6.30. The number of halogens is 8. The summed E-state index contributed by atoms with van der Waals surface area (Å²) in [7, 11) is 0. The zero-order valence-electron chi connectivity index (χ0n) is 16.8. The third-order valence-electron chi connectivity index (χ3n) is 5.44. The van der Waals surface area contributed by atoms with E-state index in [1.807, 2.05) is 0 Å². The van der Waals surface area contributed by atoms with Gasteiger partial charge < -0.3 is 15.4 Å². The molecule has 12 heteroatoms. The first-order valence-electron chi connectivity index (χ1n) is 9.41. The molecule has 0 heterocycles. The molecule has 1 aliphatic rings. The monoisotopic (exact) mass is 544 g/mol. The van der Waals surface area contributed by atoms with Gasteiger partial charge in [0.25, 0.3) is 5.91 Å². The molecule has 1 aliphatic carbocycles. The molecular formula is C21H16Cl4F4N2O2. The Bertz CT molecular complexity index is 1110. The molecule has 0 bridgehead atoms. The third kappa shape index (κ3) is 5.04. The number of hydrogen-bond acceptors (Lipinski definition) is 3. The van der Waals surface area contributed by atoms with Crippen molar-refractivity contribution in [2.24, 2.45) is 5.41 Å². The highest BCUT2D eigenvalue weighted by molar-refractivity contribution is 6.54. The normalized spacial score (nSPS) is 21.4. The van der Waals surface area contributed by atoms with Crippen LogP contribution >= 0.6 is 46.4 Å². The van der Waals surface area contributed by atoms with Gasteiger partial charge in [-0.25, -0.2) is 4.39 Å². The van der Waals surface area contributed by atoms with E-state index < -0.39 is 40.1 Å². The fraction of sp³-hybridized carbons (Fsp3) is 0.333. The number of carbonyl (C=O) groups is 2. The van der Waals surface area contributed by atoms with Gasteiger partial charge in [0.1, 0.15) is 23.0 Å². The van der Waals surface area contributed by atoms with E-state index in [4.69, 9.17) is 46.4 Å². The van der Waals surface area contributed by atoms with Gasteiger partial charge in [-0.1, -0.05) is 52.5 Å². The SMILES string of the molecule is Cc1cc(NCC2(C=O)C(c3ccc(F)c(Cl)c3)C2(Cl)Cl)cc(C(=O)NCC(F)(F)F)c1Cl. The molecule has 2 aromatic carbocycles. The maximum atomic E-state index is 13.5. The molecule has 178 valence electrons. The van der Waals surface area contributed by atoms with Crippen LogP contribution in [0.25, 0.3) is 0 Å². The van der Waals surface area contributed by atoms with Crippen LogP contribution in [0, 0.1) is 18.2 Å². The van der Waals surface area contributed by atoms with Gasteiger partial charge in [-0.15, -0.1) is 0 Å². The Morgan fingerprint density at radius 3 is 2.42 bits per heavy atom. The lowest BCUT2D eigenvalue weighted by molar-refractivity contribution is -0.123. The summed E-state index contributed by atoms with van der Waals surface area (Å²) in [4.78, 5) is 24.3. The van der Waals surface area contributed by atoms with Gasteiger partial charge in [0.2, 0.25) is 0 Å². The fourth-order valence-corrected chi connectivity index (χ4v) is 5.00. The van der Waals surface area contributed by atoms with Crippen LogP contribution in [0.15, 0.2) is 30.3 Å². The number of anilines is 1. The molecule has 3 rings (SSSR count). The Balaban J connectivity index is 1.83. The maximum absolute atomic E-state index is 13.5. The quantitative estimate of drug-likeness (QED) is 0.244. The number of rotatable bonds is 7. The van der Waals surface area contributed by atoms with E-state index >= 15 is 0 Å². The minimum atomic E-state index is -4.59. The number of carbonyl (C=O) groups excluding carboxylic acids is 2. The van der Waals surface area contributed by atoms with Crippen LogP contribution in [0.1, 0.15) is 27.4 Å². The summed E-state index contributed by atoms with van der Waals surface area (Å²) >= 11 is 24.8. The number of benzene rings is 2. The molecular weight excluding hydrogens is 530 g/mol. The van der Waals surface area contributed by atoms with E-state index in [0.717, 1.165) is 6.07 Å². The first-order chi connectivity index (χ1) is 15.2. The largest absolute Gasteiger partial charge is 0.405 e. The molecule has 1 fully saturated rings. The lowest BCUT2D eigenvalue weighted by Crippen LogP contribution is -2.34. The van der Waals surface area contributed by atoms with Gasteiger partial charge >= 0.3 is 6.18 Å². The van der Waals surface area contributed by atoms with Crippen LogP contribution in [0.3, 0.4) is 0 Å². The van der Waals surface area contributed by atoms with Gasteiger partial charge in [0.15, 0.2) is 0 Å². The van der Waals surface area contributed by atoms with E-state index in [1.165, 1.54) is 18.2 Å². The number of amides is 1. The summed E-state index contributed by atoms with van der Waals surface area (Å²) in [5.74, 6) is -2.36. The number of aldehydes is 1. The van der Waals surface area contributed by atoms with Gasteiger partial charge in [-0.2, -0.15) is 13.2 Å². The van der Waals surface area contributed by atoms with Crippen molar-refractivity contribution in [3.8, 4) is 0 Å². The van der Waals surface area contributed by atoms with Crippen molar-refractivity contribution in [3.05, 3.63) is 62.9 Å². The minimum Gasteiger partial charge on any atom is -0.384 e. The number of nitrogens with one attached hydrogen (secondary N) is 2. The molecule has 4 nitrogen and oxygen atoms in total. The highest BCUT2D eigenvalue weighted by Crippen LogP contribution is 2.73. The third-order valence-corrected chi connectivity index (χ3v) is 7.37. The van der Waals surface area contributed by atoms with Gasteiger partial charge in [-0.3, -0.25) is 4.79 Å². The first-order valence-corrected chi connectivity index (χ1v) is 10.9. The molecule has 0 spiro atoms. The average Bonchev–Trinajstić information content (AvgIpc) is 3.23. The van der Waals surface area contributed by atoms with Crippen molar-refractivity contribution in [1.82, 2.24) is 5.32 Å². The minimum absolute atomic E-state index is 0.0142. The summed E-state index contributed by atoms with van der Waals surface area (Å²) in [5, 5.41) is 4.54. The summed E-state index contributed by atoms with van der Waals surface area (Å²) in [6.45, 7) is -0.0404. The van der Waals surface area contributed by atoms with Crippen LogP contribution in [0.4, 0.5) is 23.2 Å². The smallest absolute Gasteiger partial charge is 0.384 e. The second-order valence-corrected chi connectivity index (χ2v) is 9.86. The van der Waals surface area contributed by atoms with Crippen molar-refractivity contribution >= 4 is 64.3 Å². The summed E-state index contributed by atoms with van der Waals surface area (Å²) in [6, 6.07) is 6.71. The van der Waals surface area contributed by atoms with Gasteiger partial charge in [-0.05, 0) is 42.3 Å². The number of aryl methyl sites for hydroxylation is 1. The second kappa shape index (κ2) is 9.13. The van der Waals surface area contributed by atoms with E-state index in [0.29, 0.717) is 23.1 Å². The topological polar surface area (TPSA) is 58.2 Å². The Labute approximate surface area is 206 Å².